The first-order valence-electron chi connectivity index (χ1n) is 9.47. The number of aliphatic carboxylic acids is 1. The Balaban J connectivity index is 1.65. The maximum atomic E-state index is 13.2. The van der Waals surface area contributed by atoms with E-state index >= 15 is 0 Å². The number of ether oxygens (including phenoxy) is 1. The topological polar surface area (TPSA) is 81.4 Å². The fraction of sp³-hybridized carbons (Fsp3) is 0.318. The van der Waals surface area contributed by atoms with Gasteiger partial charge in [-0.3, -0.25) is 14.2 Å². The third kappa shape index (κ3) is 2.30. The van der Waals surface area contributed by atoms with E-state index < -0.39 is 11.4 Å². The van der Waals surface area contributed by atoms with Crippen molar-refractivity contribution in [1.29, 1.82) is 0 Å². The van der Waals surface area contributed by atoms with E-state index in [-0.39, 0.29) is 11.6 Å². The number of fused-ring (bicyclic) bond motifs is 4. The maximum Gasteiger partial charge on any atom is 0.315 e. The molecular weight excluding hydrogens is 356 g/mol. The third-order valence-corrected chi connectivity index (χ3v) is 6.09. The van der Waals surface area contributed by atoms with Gasteiger partial charge in [0.25, 0.3) is 5.56 Å². The largest absolute Gasteiger partial charge is 0.496 e. The molecule has 1 aliphatic heterocycles. The fourth-order valence-corrected chi connectivity index (χ4v) is 4.47. The van der Waals surface area contributed by atoms with Crippen LogP contribution in [0.5, 0.6) is 5.75 Å². The molecule has 28 heavy (non-hydrogen) atoms. The van der Waals surface area contributed by atoms with Crippen molar-refractivity contribution in [3.63, 3.8) is 0 Å². The first-order chi connectivity index (χ1) is 13.5. The molecule has 2 heterocycles. The van der Waals surface area contributed by atoms with E-state index in [1.807, 2.05) is 30.3 Å². The number of aromatic nitrogens is 2. The second kappa shape index (κ2) is 5.92. The van der Waals surface area contributed by atoms with Crippen LogP contribution in [0.25, 0.3) is 17.7 Å². The molecule has 1 aromatic heterocycles. The molecule has 142 valence electrons. The van der Waals surface area contributed by atoms with Crippen LogP contribution in [0, 0.1) is 5.41 Å². The summed E-state index contributed by atoms with van der Waals surface area (Å²) in [6.07, 6.45) is 8.26. The molecule has 1 saturated carbocycles. The third-order valence-electron chi connectivity index (χ3n) is 6.09. The molecule has 0 amide bonds. The predicted octanol–water partition coefficient (Wildman–Crippen LogP) is 3.17. The predicted molar refractivity (Wildman–Crippen MR) is 105 cm³/mol. The van der Waals surface area contributed by atoms with E-state index in [1.165, 1.54) is 0 Å². The summed E-state index contributed by atoms with van der Waals surface area (Å²) in [7, 11) is 1.64. The highest BCUT2D eigenvalue weighted by atomic mass is 16.5. The minimum Gasteiger partial charge on any atom is -0.496 e. The van der Waals surface area contributed by atoms with Gasteiger partial charge in [-0.05, 0) is 49.5 Å². The highest BCUT2D eigenvalue weighted by molar-refractivity contribution is 5.86. The first kappa shape index (κ1) is 17.0. The normalized spacial score (nSPS) is 25.6. The van der Waals surface area contributed by atoms with Gasteiger partial charge in [-0.2, -0.15) is 0 Å². The number of hydrogen-bond donors (Lipinski definition) is 1. The molecular formula is C22H20N2O4. The van der Waals surface area contributed by atoms with Gasteiger partial charge in [0.2, 0.25) is 0 Å². The summed E-state index contributed by atoms with van der Waals surface area (Å²) in [4.78, 5) is 29.7. The summed E-state index contributed by atoms with van der Waals surface area (Å²) < 4.78 is 7.04. The molecule has 3 aliphatic rings. The van der Waals surface area contributed by atoms with Gasteiger partial charge in [0, 0.05) is 11.1 Å². The Labute approximate surface area is 161 Å². The highest BCUT2D eigenvalue weighted by Gasteiger charge is 2.62. The Kier molecular flexibility index (Phi) is 3.59. The molecule has 0 bridgehead atoms. The molecule has 0 spiro atoms. The van der Waals surface area contributed by atoms with Gasteiger partial charge in [-0.25, -0.2) is 4.98 Å². The summed E-state index contributed by atoms with van der Waals surface area (Å²) in [6.45, 7) is 0. The standard InChI is InChI=1S/C22H20N2O4/c1-28-16-8-3-2-5-13(16)11-14-6-4-7-15-19(14)23-18-9-10-22(21(26)27)12-17(22)24(18)20(15)25/h2-3,5,8-11,17H,4,6-7,12H2,1H3,(H,26,27)/b14-11-. The van der Waals surface area contributed by atoms with Crippen molar-refractivity contribution in [2.24, 2.45) is 5.41 Å². The lowest BCUT2D eigenvalue weighted by Crippen LogP contribution is -2.33. The number of methoxy groups -OCH3 is 1. The second-order valence-electron chi connectivity index (χ2n) is 7.64. The summed E-state index contributed by atoms with van der Waals surface area (Å²) in [5, 5.41) is 9.54. The lowest BCUT2D eigenvalue weighted by atomic mass is 9.90. The molecule has 0 radical (unpaired) electrons. The second-order valence-corrected chi connectivity index (χ2v) is 7.64. The van der Waals surface area contributed by atoms with E-state index in [1.54, 1.807) is 23.8 Å². The van der Waals surface area contributed by atoms with Crippen molar-refractivity contribution in [2.45, 2.75) is 31.7 Å². The van der Waals surface area contributed by atoms with Crippen LogP contribution in [-0.4, -0.2) is 27.7 Å². The molecule has 2 aromatic rings. The lowest BCUT2D eigenvalue weighted by Gasteiger charge is -2.23. The smallest absolute Gasteiger partial charge is 0.315 e. The summed E-state index contributed by atoms with van der Waals surface area (Å²) in [5.74, 6) is 0.456. The number of hydrogen-bond acceptors (Lipinski definition) is 4. The van der Waals surface area contributed by atoms with Crippen LogP contribution < -0.4 is 10.3 Å². The number of carboxylic acid groups (broad SMARTS) is 1. The van der Waals surface area contributed by atoms with Crippen molar-refractivity contribution >= 4 is 23.7 Å². The Morgan fingerprint density at radius 2 is 2.18 bits per heavy atom. The Morgan fingerprint density at radius 1 is 1.36 bits per heavy atom. The van der Waals surface area contributed by atoms with Crippen molar-refractivity contribution in [3.05, 3.63) is 63.3 Å². The van der Waals surface area contributed by atoms with Crippen LogP contribution in [-0.2, 0) is 11.2 Å². The average molecular weight is 376 g/mol. The van der Waals surface area contributed by atoms with Crippen LogP contribution in [0.3, 0.4) is 0 Å². The Bertz CT molecular complexity index is 1130. The summed E-state index contributed by atoms with van der Waals surface area (Å²) in [5.41, 5.74) is 2.38. The molecule has 5 rings (SSSR count). The minimum atomic E-state index is -0.933. The van der Waals surface area contributed by atoms with Crippen molar-refractivity contribution in [2.75, 3.05) is 7.11 Å². The summed E-state index contributed by atoms with van der Waals surface area (Å²) >= 11 is 0. The highest BCUT2D eigenvalue weighted by Crippen LogP contribution is 2.59. The molecule has 1 N–H and O–H groups in total. The van der Waals surface area contributed by atoms with Gasteiger partial charge >= 0.3 is 5.97 Å². The SMILES string of the molecule is COc1ccccc1/C=C1/CCCc2c1nc1n(c2=O)C2CC2(C(=O)O)C=C1. The fourth-order valence-electron chi connectivity index (χ4n) is 4.47. The summed E-state index contributed by atoms with van der Waals surface area (Å²) in [6, 6.07) is 7.45. The van der Waals surface area contributed by atoms with Crippen molar-refractivity contribution < 1.29 is 14.6 Å². The molecule has 1 fully saturated rings. The molecule has 2 aliphatic carbocycles. The number of rotatable bonds is 3. The van der Waals surface area contributed by atoms with Gasteiger partial charge < -0.3 is 9.84 Å². The minimum absolute atomic E-state index is 0.0944. The zero-order chi connectivity index (χ0) is 19.5. The monoisotopic (exact) mass is 376 g/mol. The van der Waals surface area contributed by atoms with E-state index in [9.17, 15) is 14.7 Å². The average Bonchev–Trinajstić information content (AvgIpc) is 3.45. The Hall–Kier alpha value is -3.15. The molecule has 0 saturated heterocycles. The number of allylic oxidation sites excluding steroid dienone is 1. The lowest BCUT2D eigenvalue weighted by molar-refractivity contribution is -0.141. The molecule has 2 unspecified atom stereocenters. The number of carbonyl (C=O) groups is 1. The molecule has 2 atom stereocenters. The molecule has 1 aromatic carbocycles. The zero-order valence-corrected chi connectivity index (χ0v) is 15.5. The van der Waals surface area contributed by atoms with E-state index in [0.29, 0.717) is 24.2 Å². The van der Waals surface area contributed by atoms with Gasteiger partial charge in [0.15, 0.2) is 0 Å². The van der Waals surface area contributed by atoms with Gasteiger partial charge in [-0.1, -0.05) is 24.3 Å². The quantitative estimate of drug-likeness (QED) is 0.890. The van der Waals surface area contributed by atoms with Gasteiger partial charge in [0.05, 0.1) is 18.8 Å². The van der Waals surface area contributed by atoms with E-state index in [2.05, 4.69) is 0 Å². The van der Waals surface area contributed by atoms with E-state index in [4.69, 9.17) is 9.72 Å². The number of benzene rings is 1. The van der Waals surface area contributed by atoms with E-state index in [0.717, 1.165) is 35.4 Å². The Morgan fingerprint density at radius 3 is 2.96 bits per heavy atom. The van der Waals surface area contributed by atoms with Crippen LogP contribution in [0.2, 0.25) is 0 Å². The number of para-hydroxylation sites is 1. The van der Waals surface area contributed by atoms with Crippen LogP contribution in [0.1, 0.15) is 47.9 Å². The number of nitrogens with zero attached hydrogens (tertiary/aromatic N) is 2. The van der Waals surface area contributed by atoms with Crippen molar-refractivity contribution in [1.82, 2.24) is 9.55 Å². The first-order valence-corrected chi connectivity index (χ1v) is 9.47. The molecule has 6 heteroatoms. The van der Waals surface area contributed by atoms with Gasteiger partial charge in [0.1, 0.15) is 17.0 Å². The number of carboxylic acids is 1. The van der Waals surface area contributed by atoms with Crippen molar-refractivity contribution in [3.8, 4) is 5.75 Å². The van der Waals surface area contributed by atoms with Gasteiger partial charge in [-0.15, -0.1) is 0 Å². The van der Waals surface area contributed by atoms with Crippen LogP contribution in [0.15, 0.2) is 35.1 Å². The van der Waals surface area contributed by atoms with Crippen LogP contribution in [0.4, 0.5) is 0 Å². The van der Waals surface area contributed by atoms with Crippen LogP contribution >= 0.6 is 0 Å². The zero-order valence-electron chi connectivity index (χ0n) is 15.5. The maximum absolute atomic E-state index is 13.2. The molecule has 6 nitrogen and oxygen atoms in total.